The molecule has 0 amide bonds. The van der Waals surface area contributed by atoms with Crippen molar-refractivity contribution < 1.29 is 10.2 Å². The first-order valence-corrected chi connectivity index (χ1v) is 35.5. The number of rotatable bonds is 3. The summed E-state index contributed by atoms with van der Waals surface area (Å²) in [5, 5.41) is 20.1. The van der Waals surface area contributed by atoms with Crippen LogP contribution in [0.2, 0.25) is 72.0 Å². The van der Waals surface area contributed by atoms with Crippen LogP contribution in [0, 0.1) is 0 Å². The summed E-state index contributed by atoms with van der Waals surface area (Å²) in [6.45, 7) is 30.9. The summed E-state index contributed by atoms with van der Waals surface area (Å²) in [5.74, 6) is 0.694. The predicted molar refractivity (Wildman–Crippen MR) is 157 cm³/mol. The van der Waals surface area contributed by atoms with Gasteiger partial charge in [0.2, 0.25) is 0 Å². The van der Waals surface area contributed by atoms with Gasteiger partial charge in [-0.15, -0.1) is 0 Å². The number of aromatic hydroxyl groups is 2. The zero-order chi connectivity index (χ0) is 24.5. The summed E-state index contributed by atoms with van der Waals surface area (Å²) in [6.07, 6.45) is 0. The van der Waals surface area contributed by atoms with Crippen LogP contribution in [0.4, 0.5) is 0 Å². The van der Waals surface area contributed by atoms with Crippen molar-refractivity contribution in [1.29, 1.82) is 0 Å². The Hall–Kier alpha value is -0.659. The van der Waals surface area contributed by atoms with Gasteiger partial charge in [-0.25, -0.2) is 0 Å². The lowest BCUT2D eigenvalue weighted by Crippen LogP contribution is -3.02. The standard InChI is InChI=1S/C24H44O2Si6/c1-27(2)28(3,4)30(7,8)32(11,31(9,10)29(27,5)6)24(20-12-16-22(25)17-13-20)21-14-18-23(26)19-15-21/h12-19,24-26H,1-11H3. The smallest absolute Gasteiger partial charge is 0.115 e. The van der Waals surface area contributed by atoms with Gasteiger partial charge in [-0.05, 0) is 40.9 Å². The van der Waals surface area contributed by atoms with Crippen molar-refractivity contribution in [3.8, 4) is 11.5 Å². The molecule has 2 nitrogen and oxygen atoms in total. The van der Waals surface area contributed by atoms with Gasteiger partial charge in [-0.3, -0.25) is 0 Å². The maximum atomic E-state index is 10.1. The van der Waals surface area contributed by atoms with Crippen LogP contribution < -0.4 is 0 Å². The molecule has 1 saturated heterocycles. The van der Waals surface area contributed by atoms with Crippen molar-refractivity contribution in [2.75, 3.05) is 0 Å². The first kappa shape index (κ1) is 26.0. The number of hydrogen-bond donors (Lipinski definition) is 2. The van der Waals surface area contributed by atoms with E-state index in [4.69, 9.17) is 0 Å². The minimum atomic E-state index is -1.82. The molecular formula is C24H44O2Si6. The van der Waals surface area contributed by atoms with Gasteiger partial charge in [0.1, 0.15) is 11.5 Å². The van der Waals surface area contributed by atoms with Gasteiger partial charge in [0.25, 0.3) is 0 Å². The Kier molecular flexibility index (Phi) is 6.22. The van der Waals surface area contributed by atoms with E-state index in [0.29, 0.717) is 17.0 Å². The molecule has 2 N–H and O–H groups in total. The van der Waals surface area contributed by atoms with E-state index < -0.39 is 42.7 Å². The normalized spacial score (nSPS) is 24.2. The molecule has 176 valence electrons. The fraction of sp³-hybridized carbons (Fsp3) is 0.500. The summed E-state index contributed by atoms with van der Waals surface area (Å²) in [4.78, 5) is 0. The highest BCUT2D eigenvalue weighted by Gasteiger charge is 2.78. The third-order valence-electron chi connectivity index (χ3n) is 11.9. The number of hydrogen-bond acceptors (Lipinski definition) is 2. The fourth-order valence-corrected chi connectivity index (χ4v) is 253. The lowest BCUT2D eigenvalue weighted by Gasteiger charge is -2.74. The first-order valence-electron chi connectivity index (χ1n) is 12.0. The number of benzene rings is 2. The SMILES string of the molecule is C[Si]1(C)[Si](C)(C)[Si](C)(C)[Si](C)(C(c2ccc(O)cc2)c2ccc(O)cc2)[Si](C)(C)[Si]1(C)C. The highest BCUT2D eigenvalue weighted by Crippen LogP contribution is 2.57. The molecule has 0 aliphatic carbocycles. The Balaban J connectivity index is 2.44. The van der Waals surface area contributed by atoms with E-state index in [1.165, 1.54) is 11.1 Å². The zero-order valence-corrected chi connectivity index (χ0v) is 28.1. The Morgan fingerprint density at radius 3 is 0.969 bits per heavy atom. The van der Waals surface area contributed by atoms with E-state index >= 15 is 0 Å². The van der Waals surface area contributed by atoms with Crippen molar-refractivity contribution in [3.63, 3.8) is 0 Å². The molecule has 0 saturated carbocycles. The third kappa shape index (κ3) is 3.09. The molecule has 0 atom stereocenters. The summed E-state index contributed by atoms with van der Waals surface area (Å²) >= 11 is 0. The zero-order valence-electron chi connectivity index (χ0n) is 22.1. The first-order chi connectivity index (χ1) is 14.4. The third-order valence-corrected chi connectivity index (χ3v) is 165. The molecule has 0 aromatic heterocycles. The maximum absolute atomic E-state index is 10.1. The van der Waals surface area contributed by atoms with Gasteiger partial charge in [-0.1, -0.05) is 96.3 Å². The minimum absolute atomic E-state index is 0.347. The van der Waals surface area contributed by atoms with Crippen LogP contribution in [-0.4, -0.2) is 52.9 Å². The number of phenols is 2. The average Bonchev–Trinajstić information content (AvgIpc) is 2.69. The predicted octanol–water partition coefficient (Wildman–Crippen LogP) is 6.87. The quantitative estimate of drug-likeness (QED) is 0.423. The van der Waals surface area contributed by atoms with Crippen molar-refractivity contribution in [2.45, 2.75) is 77.6 Å². The van der Waals surface area contributed by atoms with Gasteiger partial charge in [0.15, 0.2) is 0 Å². The molecule has 32 heavy (non-hydrogen) atoms. The lowest BCUT2D eigenvalue weighted by atomic mass is 10.0. The second kappa shape index (κ2) is 7.67. The van der Waals surface area contributed by atoms with Gasteiger partial charge >= 0.3 is 0 Å². The van der Waals surface area contributed by atoms with Crippen LogP contribution >= 0.6 is 0 Å². The lowest BCUT2D eigenvalue weighted by molar-refractivity contribution is 0.475. The molecule has 1 heterocycles. The van der Waals surface area contributed by atoms with Crippen molar-refractivity contribution in [2.24, 2.45) is 0 Å². The molecular weight excluding hydrogens is 489 g/mol. The van der Waals surface area contributed by atoms with Crippen LogP contribution in [0.3, 0.4) is 0 Å². The average molecular weight is 533 g/mol. The maximum Gasteiger partial charge on any atom is 0.115 e. The van der Waals surface area contributed by atoms with Crippen molar-refractivity contribution >= 4 is 42.7 Å². The highest BCUT2D eigenvalue weighted by atomic mass is 30.2. The second-order valence-corrected chi connectivity index (χ2v) is 84.9. The molecule has 2 aromatic rings. The van der Waals surface area contributed by atoms with E-state index in [0.717, 1.165) is 0 Å². The summed E-state index contributed by atoms with van der Waals surface area (Å²) in [6, 6.07) is 16.3. The van der Waals surface area contributed by atoms with Crippen LogP contribution in [0.1, 0.15) is 16.7 Å². The van der Waals surface area contributed by atoms with E-state index in [1.54, 1.807) is 0 Å². The van der Waals surface area contributed by atoms with Crippen LogP contribution in [0.25, 0.3) is 0 Å². The topological polar surface area (TPSA) is 40.5 Å². The van der Waals surface area contributed by atoms with Gasteiger partial charge in [0.05, 0.1) is 0 Å². The van der Waals surface area contributed by atoms with Crippen LogP contribution in [0.5, 0.6) is 11.5 Å². The largest absolute Gasteiger partial charge is 0.508 e. The van der Waals surface area contributed by atoms with E-state index in [9.17, 15) is 10.2 Å². The Labute approximate surface area is 200 Å². The van der Waals surface area contributed by atoms with Crippen molar-refractivity contribution in [1.82, 2.24) is 0 Å². The van der Waals surface area contributed by atoms with Crippen LogP contribution in [-0.2, 0) is 0 Å². The molecule has 0 spiro atoms. The van der Waals surface area contributed by atoms with Gasteiger partial charge < -0.3 is 10.2 Å². The molecule has 0 bridgehead atoms. The Morgan fingerprint density at radius 1 is 0.438 bits per heavy atom. The molecule has 3 rings (SSSR count). The second-order valence-electron chi connectivity index (χ2n) is 12.9. The molecule has 1 aliphatic heterocycles. The monoisotopic (exact) mass is 532 g/mol. The highest BCUT2D eigenvalue weighted by molar-refractivity contribution is 8.13. The summed E-state index contributed by atoms with van der Waals surface area (Å²) < 4.78 is 0. The Bertz CT molecular complexity index is 919. The van der Waals surface area contributed by atoms with Crippen molar-refractivity contribution in [3.05, 3.63) is 59.7 Å². The minimum Gasteiger partial charge on any atom is -0.508 e. The molecule has 2 aromatic carbocycles. The Morgan fingerprint density at radius 2 is 0.688 bits per heavy atom. The van der Waals surface area contributed by atoms with Gasteiger partial charge in [-0.2, -0.15) is 0 Å². The molecule has 1 fully saturated rings. The molecule has 0 radical (unpaired) electrons. The molecule has 0 unspecified atom stereocenters. The van der Waals surface area contributed by atoms with Gasteiger partial charge in [0, 0.05) is 42.7 Å². The van der Waals surface area contributed by atoms with E-state index in [2.05, 4.69) is 96.3 Å². The summed E-state index contributed by atoms with van der Waals surface area (Å²) in [7, 11) is -9.13. The van der Waals surface area contributed by atoms with E-state index in [1.807, 2.05) is 24.3 Å². The fourth-order valence-electron chi connectivity index (χ4n) is 7.34. The van der Waals surface area contributed by atoms with Crippen LogP contribution in [0.15, 0.2) is 48.5 Å². The molecule has 1 aliphatic rings. The summed E-state index contributed by atoms with van der Waals surface area (Å²) in [5.41, 5.74) is 3.22. The number of phenolic OH excluding ortho intramolecular Hbond substituents is 2. The molecule has 8 heteroatoms. The van der Waals surface area contributed by atoms with E-state index in [-0.39, 0.29) is 0 Å².